The number of nitrogens with one attached hydrogen (secondary N) is 1. The Morgan fingerprint density at radius 2 is 1.49 bits per heavy atom. The molecular formula is C27H31N3O4S. The summed E-state index contributed by atoms with van der Waals surface area (Å²) < 4.78 is 26.3. The second-order valence-corrected chi connectivity index (χ2v) is 10.3. The Morgan fingerprint density at radius 3 is 2.06 bits per heavy atom. The number of nitrogens with zero attached hydrogens (tertiary/aromatic N) is 2. The average molecular weight is 494 g/mol. The van der Waals surface area contributed by atoms with Gasteiger partial charge in [-0.05, 0) is 30.2 Å². The van der Waals surface area contributed by atoms with E-state index in [2.05, 4.69) is 5.32 Å². The number of amides is 2. The number of likely N-dealkylation sites (N-methyl/N-ethyl adjacent to an activating group) is 1. The lowest BCUT2D eigenvalue weighted by atomic mass is 10.0. The number of aryl methyl sites for hydroxylation is 1. The minimum Gasteiger partial charge on any atom is -0.357 e. The van der Waals surface area contributed by atoms with Crippen molar-refractivity contribution in [3.63, 3.8) is 0 Å². The molecule has 0 saturated carbocycles. The largest absolute Gasteiger partial charge is 0.357 e. The smallest absolute Gasteiger partial charge is 0.244 e. The normalized spacial score (nSPS) is 12.0. The summed E-state index contributed by atoms with van der Waals surface area (Å²) in [6, 6.07) is 24.8. The molecule has 35 heavy (non-hydrogen) atoms. The molecule has 0 aliphatic carbocycles. The van der Waals surface area contributed by atoms with Crippen LogP contribution in [0.5, 0.6) is 0 Å². The third kappa shape index (κ3) is 7.16. The van der Waals surface area contributed by atoms with Gasteiger partial charge in [0.1, 0.15) is 12.6 Å². The fourth-order valence-electron chi connectivity index (χ4n) is 3.94. The molecule has 0 aliphatic rings. The number of hydrogen-bond donors (Lipinski definition) is 1. The van der Waals surface area contributed by atoms with Crippen molar-refractivity contribution in [3.8, 4) is 0 Å². The number of anilines is 1. The maximum atomic E-state index is 13.8. The van der Waals surface area contributed by atoms with E-state index in [1.165, 1.54) is 11.9 Å². The summed E-state index contributed by atoms with van der Waals surface area (Å²) in [4.78, 5) is 28.3. The van der Waals surface area contributed by atoms with Crippen LogP contribution in [-0.4, -0.2) is 51.0 Å². The van der Waals surface area contributed by atoms with E-state index in [1.807, 2.05) is 61.5 Å². The molecule has 0 aliphatic heterocycles. The highest BCUT2D eigenvalue weighted by atomic mass is 32.2. The highest BCUT2D eigenvalue weighted by Gasteiger charge is 2.32. The van der Waals surface area contributed by atoms with Crippen molar-refractivity contribution in [1.82, 2.24) is 10.2 Å². The molecule has 0 radical (unpaired) electrons. The van der Waals surface area contributed by atoms with Crippen LogP contribution in [-0.2, 0) is 32.6 Å². The molecule has 7 nitrogen and oxygen atoms in total. The predicted octanol–water partition coefficient (Wildman–Crippen LogP) is 3.15. The number of sulfonamides is 1. The van der Waals surface area contributed by atoms with Crippen molar-refractivity contribution in [2.75, 3.05) is 24.2 Å². The Balaban J connectivity index is 2.01. The molecule has 8 heteroatoms. The number of rotatable bonds is 10. The topological polar surface area (TPSA) is 86.8 Å². The van der Waals surface area contributed by atoms with Crippen LogP contribution in [0.25, 0.3) is 0 Å². The zero-order valence-corrected chi connectivity index (χ0v) is 21.0. The summed E-state index contributed by atoms with van der Waals surface area (Å²) in [5.41, 5.74) is 3.16. The van der Waals surface area contributed by atoms with Crippen LogP contribution in [0.3, 0.4) is 0 Å². The van der Waals surface area contributed by atoms with Crippen LogP contribution in [0.4, 0.5) is 5.69 Å². The van der Waals surface area contributed by atoms with Gasteiger partial charge < -0.3 is 10.2 Å². The van der Waals surface area contributed by atoms with Crippen LogP contribution < -0.4 is 9.62 Å². The molecule has 3 rings (SSSR count). The lowest BCUT2D eigenvalue weighted by Gasteiger charge is -2.33. The van der Waals surface area contributed by atoms with Crippen molar-refractivity contribution < 1.29 is 18.0 Å². The molecular weight excluding hydrogens is 462 g/mol. The van der Waals surface area contributed by atoms with E-state index in [9.17, 15) is 18.0 Å². The minimum atomic E-state index is -3.75. The lowest BCUT2D eigenvalue weighted by Crippen LogP contribution is -2.52. The highest BCUT2D eigenvalue weighted by Crippen LogP contribution is 2.20. The zero-order valence-electron chi connectivity index (χ0n) is 20.2. The maximum Gasteiger partial charge on any atom is 0.244 e. The fraction of sp³-hybridized carbons (Fsp3) is 0.259. The number of hydrogen-bond acceptors (Lipinski definition) is 4. The van der Waals surface area contributed by atoms with E-state index in [0.717, 1.165) is 27.3 Å². The molecule has 3 aromatic rings. The van der Waals surface area contributed by atoms with Crippen molar-refractivity contribution in [2.24, 2.45) is 0 Å². The quantitative estimate of drug-likeness (QED) is 0.470. The number of para-hydroxylation sites is 1. The SMILES string of the molecule is CNC(=O)[C@@H](Cc1ccccc1)N(Cc1cccc(C)c1)C(=O)CN(c1ccccc1)S(C)(=O)=O. The van der Waals surface area contributed by atoms with Crippen LogP contribution in [0.1, 0.15) is 16.7 Å². The van der Waals surface area contributed by atoms with E-state index in [-0.39, 0.29) is 12.5 Å². The Labute approximate surface area is 207 Å². The summed E-state index contributed by atoms with van der Waals surface area (Å²) in [6.45, 7) is 1.70. The first-order valence-electron chi connectivity index (χ1n) is 11.3. The van der Waals surface area contributed by atoms with Gasteiger partial charge in [-0.25, -0.2) is 8.42 Å². The molecule has 0 heterocycles. The van der Waals surface area contributed by atoms with Gasteiger partial charge in [-0.2, -0.15) is 0 Å². The van der Waals surface area contributed by atoms with Crippen molar-refractivity contribution in [3.05, 3.63) is 102 Å². The molecule has 1 atom stereocenters. The zero-order chi connectivity index (χ0) is 25.4. The first-order chi connectivity index (χ1) is 16.7. The van der Waals surface area contributed by atoms with Gasteiger partial charge in [0.2, 0.25) is 21.8 Å². The van der Waals surface area contributed by atoms with Gasteiger partial charge in [-0.15, -0.1) is 0 Å². The number of benzene rings is 3. The third-order valence-corrected chi connectivity index (χ3v) is 6.82. The van der Waals surface area contributed by atoms with Crippen LogP contribution in [0.15, 0.2) is 84.9 Å². The molecule has 0 spiro atoms. The van der Waals surface area contributed by atoms with E-state index in [0.29, 0.717) is 12.1 Å². The molecule has 1 N–H and O–H groups in total. The van der Waals surface area contributed by atoms with Gasteiger partial charge in [0.05, 0.1) is 11.9 Å². The Bertz CT molecular complexity index is 1250. The lowest BCUT2D eigenvalue weighted by molar-refractivity contribution is -0.139. The minimum absolute atomic E-state index is 0.165. The molecule has 0 bridgehead atoms. The van der Waals surface area contributed by atoms with E-state index >= 15 is 0 Å². The monoisotopic (exact) mass is 493 g/mol. The summed E-state index contributed by atoms with van der Waals surface area (Å²) in [5, 5.41) is 2.67. The molecule has 0 aromatic heterocycles. The highest BCUT2D eigenvalue weighted by molar-refractivity contribution is 7.92. The summed E-state index contributed by atoms with van der Waals surface area (Å²) in [5.74, 6) is -0.786. The van der Waals surface area contributed by atoms with Crippen LogP contribution in [0.2, 0.25) is 0 Å². The van der Waals surface area contributed by atoms with E-state index in [4.69, 9.17) is 0 Å². The van der Waals surface area contributed by atoms with Crippen molar-refractivity contribution in [1.29, 1.82) is 0 Å². The van der Waals surface area contributed by atoms with Gasteiger partial charge in [0.25, 0.3) is 0 Å². The molecule has 0 fully saturated rings. The molecule has 3 aromatic carbocycles. The van der Waals surface area contributed by atoms with Gasteiger partial charge >= 0.3 is 0 Å². The van der Waals surface area contributed by atoms with Crippen LogP contribution >= 0.6 is 0 Å². The van der Waals surface area contributed by atoms with Gasteiger partial charge in [-0.1, -0.05) is 78.4 Å². The number of carbonyl (C=O) groups excluding carboxylic acids is 2. The first kappa shape index (κ1) is 26.0. The number of carbonyl (C=O) groups is 2. The van der Waals surface area contributed by atoms with Crippen LogP contribution in [0, 0.1) is 6.92 Å². The van der Waals surface area contributed by atoms with Gasteiger partial charge in [0, 0.05) is 20.0 Å². The first-order valence-corrected chi connectivity index (χ1v) is 13.2. The fourth-order valence-corrected chi connectivity index (χ4v) is 4.79. The second kappa shape index (κ2) is 11.7. The standard InChI is InChI=1S/C27H31N3O4S/c1-21-11-10-14-23(17-21)19-29(25(27(32)28-2)18-22-12-6-4-7-13-22)26(31)20-30(35(3,33)34)24-15-8-5-9-16-24/h4-17,25H,18-20H2,1-3H3,(H,28,32)/t25-/m1/s1. The Morgan fingerprint density at radius 1 is 0.886 bits per heavy atom. The van der Waals surface area contributed by atoms with E-state index < -0.39 is 28.5 Å². The van der Waals surface area contributed by atoms with Gasteiger partial charge in [0.15, 0.2) is 0 Å². The Hall–Kier alpha value is -3.65. The Kier molecular flexibility index (Phi) is 8.65. The van der Waals surface area contributed by atoms with Gasteiger partial charge in [-0.3, -0.25) is 13.9 Å². The van der Waals surface area contributed by atoms with E-state index in [1.54, 1.807) is 30.3 Å². The summed E-state index contributed by atoms with van der Waals surface area (Å²) in [6.07, 6.45) is 1.36. The predicted molar refractivity (Wildman–Crippen MR) is 138 cm³/mol. The molecule has 0 unspecified atom stereocenters. The summed E-state index contributed by atoms with van der Waals surface area (Å²) in [7, 11) is -2.22. The summed E-state index contributed by atoms with van der Waals surface area (Å²) >= 11 is 0. The molecule has 184 valence electrons. The van der Waals surface area contributed by atoms with Crippen molar-refractivity contribution in [2.45, 2.75) is 25.9 Å². The third-order valence-electron chi connectivity index (χ3n) is 5.68. The average Bonchev–Trinajstić information content (AvgIpc) is 2.84. The second-order valence-electron chi connectivity index (χ2n) is 8.44. The maximum absolute atomic E-state index is 13.8. The molecule has 2 amide bonds. The van der Waals surface area contributed by atoms with Crippen molar-refractivity contribution >= 4 is 27.5 Å². The molecule has 0 saturated heterocycles.